The minimum Gasteiger partial charge on any atom is -0.495 e. The van der Waals surface area contributed by atoms with Crippen molar-refractivity contribution in [1.82, 2.24) is 9.59 Å². The topological polar surface area (TPSA) is 101 Å². The van der Waals surface area contributed by atoms with Crippen LogP contribution in [0.25, 0.3) is 0 Å². The van der Waals surface area contributed by atoms with Crippen LogP contribution in [0.5, 0.6) is 5.75 Å². The molecule has 1 heterocycles. The number of nitrogens with zero attached hydrogens (tertiary/aromatic N) is 3. The summed E-state index contributed by atoms with van der Waals surface area (Å²) < 4.78 is 37.0. The summed E-state index contributed by atoms with van der Waals surface area (Å²) in [6, 6.07) is 13.2. The molecule has 0 aliphatic heterocycles. The first-order chi connectivity index (χ1) is 14.4. The third-order valence-electron chi connectivity index (χ3n) is 4.44. The normalized spacial score (nSPS) is 11.2. The molecule has 10 heteroatoms. The Labute approximate surface area is 179 Å². The lowest BCUT2D eigenvalue weighted by atomic mass is 10.2. The minimum absolute atomic E-state index is 0.0439. The molecule has 0 radical (unpaired) electrons. The van der Waals surface area contributed by atoms with E-state index in [0.29, 0.717) is 28.4 Å². The number of nitrogens with one attached hydrogen (secondary N) is 1. The molecule has 1 amide bonds. The van der Waals surface area contributed by atoms with E-state index in [9.17, 15) is 13.2 Å². The average Bonchev–Trinajstić information content (AvgIpc) is 3.24. The highest BCUT2D eigenvalue weighted by Gasteiger charge is 2.25. The summed E-state index contributed by atoms with van der Waals surface area (Å²) in [4.78, 5) is 13.1. The molecule has 0 spiro atoms. The number of aryl methyl sites for hydroxylation is 1. The van der Waals surface area contributed by atoms with E-state index >= 15 is 0 Å². The molecule has 30 heavy (non-hydrogen) atoms. The highest BCUT2D eigenvalue weighted by Crippen LogP contribution is 2.31. The van der Waals surface area contributed by atoms with Crippen molar-refractivity contribution in [1.29, 1.82) is 0 Å². The van der Waals surface area contributed by atoms with Gasteiger partial charge in [-0.2, -0.15) is 0 Å². The number of rotatable bonds is 8. The molecule has 0 unspecified atom stereocenters. The van der Waals surface area contributed by atoms with Gasteiger partial charge in [-0.1, -0.05) is 29.6 Å². The predicted molar refractivity (Wildman–Crippen MR) is 117 cm³/mol. The second-order valence-corrected chi connectivity index (χ2v) is 8.84. The van der Waals surface area contributed by atoms with Crippen molar-refractivity contribution in [2.45, 2.75) is 25.2 Å². The van der Waals surface area contributed by atoms with Crippen LogP contribution in [0.2, 0.25) is 0 Å². The summed E-state index contributed by atoms with van der Waals surface area (Å²) in [6.45, 7) is 3.90. The molecule has 1 aromatic heterocycles. The maximum Gasteiger partial charge on any atom is 0.269 e. The van der Waals surface area contributed by atoms with E-state index in [2.05, 4.69) is 14.9 Å². The van der Waals surface area contributed by atoms with Gasteiger partial charge in [-0.15, -0.1) is 5.10 Å². The molecule has 158 valence electrons. The number of aromatic nitrogens is 2. The monoisotopic (exact) mass is 446 g/mol. The van der Waals surface area contributed by atoms with E-state index in [0.717, 1.165) is 11.5 Å². The number of sulfonamides is 1. The molecular weight excluding hydrogens is 424 g/mol. The summed E-state index contributed by atoms with van der Waals surface area (Å²) >= 11 is 0.990. The maximum atomic E-state index is 13.3. The van der Waals surface area contributed by atoms with Crippen molar-refractivity contribution >= 4 is 38.8 Å². The Morgan fingerprint density at radius 1 is 1.17 bits per heavy atom. The Hall–Kier alpha value is -2.98. The predicted octanol–water partition coefficient (Wildman–Crippen LogP) is 3.58. The molecule has 0 fully saturated rings. The first kappa shape index (κ1) is 21.7. The zero-order valence-electron chi connectivity index (χ0n) is 16.8. The zero-order chi connectivity index (χ0) is 21.7. The summed E-state index contributed by atoms with van der Waals surface area (Å²) in [7, 11) is -2.40. The van der Waals surface area contributed by atoms with Gasteiger partial charge >= 0.3 is 0 Å². The summed E-state index contributed by atoms with van der Waals surface area (Å²) in [5.41, 5.74) is 1.40. The van der Waals surface area contributed by atoms with Crippen molar-refractivity contribution in [2.75, 3.05) is 23.3 Å². The molecule has 3 rings (SSSR count). The Balaban J connectivity index is 1.98. The van der Waals surface area contributed by atoms with Crippen molar-refractivity contribution in [3.8, 4) is 5.75 Å². The second kappa shape index (κ2) is 9.23. The first-order valence-corrected chi connectivity index (χ1v) is 11.5. The Bertz CT molecular complexity index is 1130. The van der Waals surface area contributed by atoms with E-state index in [1.54, 1.807) is 31.2 Å². The van der Waals surface area contributed by atoms with Crippen LogP contribution in [0.15, 0.2) is 53.4 Å². The molecule has 8 nitrogen and oxygen atoms in total. The molecular formula is C20H22N4O4S2. The van der Waals surface area contributed by atoms with Crippen LogP contribution in [0.1, 0.15) is 29.2 Å². The fourth-order valence-corrected chi connectivity index (χ4v) is 5.10. The molecule has 0 aliphatic rings. The van der Waals surface area contributed by atoms with Crippen LogP contribution in [0.3, 0.4) is 0 Å². The summed E-state index contributed by atoms with van der Waals surface area (Å²) in [5, 5.41) is 6.67. The fourth-order valence-electron chi connectivity index (χ4n) is 2.95. The van der Waals surface area contributed by atoms with E-state index in [4.69, 9.17) is 4.74 Å². The Morgan fingerprint density at radius 2 is 1.90 bits per heavy atom. The molecule has 1 N–H and O–H groups in total. The number of benzene rings is 2. The average molecular weight is 447 g/mol. The largest absolute Gasteiger partial charge is 0.495 e. The fraction of sp³-hybridized carbons (Fsp3) is 0.250. The van der Waals surface area contributed by atoms with Crippen LogP contribution < -0.4 is 14.4 Å². The number of para-hydroxylation sites is 1. The number of methoxy groups -OCH3 is 1. The molecule has 0 bridgehead atoms. The van der Waals surface area contributed by atoms with E-state index in [1.807, 2.05) is 13.0 Å². The van der Waals surface area contributed by atoms with Gasteiger partial charge in [0, 0.05) is 6.54 Å². The lowest BCUT2D eigenvalue weighted by Crippen LogP contribution is -2.30. The molecule has 0 saturated heterocycles. The Morgan fingerprint density at radius 3 is 2.53 bits per heavy atom. The molecule has 0 saturated carbocycles. The first-order valence-electron chi connectivity index (χ1n) is 9.30. The second-order valence-electron chi connectivity index (χ2n) is 6.22. The van der Waals surface area contributed by atoms with Crippen LogP contribution >= 0.6 is 11.5 Å². The van der Waals surface area contributed by atoms with Crippen LogP contribution in [-0.4, -0.2) is 37.6 Å². The molecule has 3 aromatic rings. The van der Waals surface area contributed by atoms with E-state index in [1.165, 1.54) is 29.6 Å². The molecule has 0 atom stereocenters. The third-order valence-corrected chi connectivity index (χ3v) is 7.10. The van der Waals surface area contributed by atoms with Gasteiger partial charge in [0.15, 0.2) is 0 Å². The highest BCUT2D eigenvalue weighted by molar-refractivity contribution is 7.92. The van der Waals surface area contributed by atoms with Gasteiger partial charge < -0.3 is 10.1 Å². The molecule has 0 aliphatic carbocycles. The van der Waals surface area contributed by atoms with Gasteiger partial charge in [0.05, 0.1) is 29.1 Å². The molecule has 2 aromatic carbocycles. The van der Waals surface area contributed by atoms with Gasteiger partial charge in [0.1, 0.15) is 10.6 Å². The van der Waals surface area contributed by atoms with Crippen LogP contribution in [0, 0.1) is 0 Å². The van der Waals surface area contributed by atoms with Gasteiger partial charge in [0.25, 0.3) is 15.9 Å². The highest BCUT2D eigenvalue weighted by atomic mass is 32.2. The van der Waals surface area contributed by atoms with Crippen molar-refractivity contribution in [3.05, 3.63) is 59.1 Å². The summed E-state index contributed by atoms with van der Waals surface area (Å²) in [6.07, 6.45) is 0.563. The summed E-state index contributed by atoms with van der Waals surface area (Å²) in [5.74, 6) is -0.0642. The van der Waals surface area contributed by atoms with Crippen molar-refractivity contribution in [2.24, 2.45) is 0 Å². The minimum atomic E-state index is -3.85. The third kappa shape index (κ3) is 4.29. The van der Waals surface area contributed by atoms with E-state index in [-0.39, 0.29) is 17.1 Å². The number of carbonyl (C=O) groups is 1. The standard InChI is InChI=1S/C20H22N4O4S2/c1-4-16-19(29-23-22-16)20(25)21-17-13-15(11-12-18(17)28-3)30(26,27)24(5-2)14-9-7-6-8-10-14/h6-13H,4-5H2,1-3H3,(H,21,25). The van der Waals surface area contributed by atoms with Crippen molar-refractivity contribution in [3.63, 3.8) is 0 Å². The number of ether oxygens (including phenoxy) is 1. The zero-order valence-corrected chi connectivity index (χ0v) is 18.5. The Kier molecular flexibility index (Phi) is 6.68. The van der Waals surface area contributed by atoms with Gasteiger partial charge in [-0.3, -0.25) is 9.10 Å². The number of amides is 1. The smallest absolute Gasteiger partial charge is 0.269 e. The SMILES string of the molecule is CCc1nnsc1C(=O)Nc1cc(S(=O)(=O)N(CC)c2ccccc2)ccc1OC. The number of hydrogen-bond donors (Lipinski definition) is 1. The van der Waals surface area contributed by atoms with Crippen LogP contribution in [-0.2, 0) is 16.4 Å². The van der Waals surface area contributed by atoms with Crippen LogP contribution in [0.4, 0.5) is 11.4 Å². The van der Waals surface area contributed by atoms with Gasteiger partial charge in [0.2, 0.25) is 0 Å². The number of anilines is 2. The number of hydrogen-bond acceptors (Lipinski definition) is 7. The van der Waals surface area contributed by atoms with Gasteiger partial charge in [-0.25, -0.2) is 8.42 Å². The quantitative estimate of drug-likeness (QED) is 0.568. The van der Waals surface area contributed by atoms with Gasteiger partial charge in [-0.05, 0) is 55.2 Å². The lowest BCUT2D eigenvalue weighted by Gasteiger charge is -2.23. The number of carbonyl (C=O) groups excluding carboxylic acids is 1. The lowest BCUT2D eigenvalue weighted by molar-refractivity contribution is 0.102. The van der Waals surface area contributed by atoms with Crippen molar-refractivity contribution < 1.29 is 17.9 Å². The maximum absolute atomic E-state index is 13.3. The van der Waals surface area contributed by atoms with E-state index < -0.39 is 15.9 Å².